The molecule has 20 heavy (non-hydrogen) atoms. The van der Waals surface area contributed by atoms with Crippen molar-refractivity contribution in [2.24, 2.45) is 5.84 Å². The predicted octanol–water partition coefficient (Wildman–Crippen LogP) is 2.05. The van der Waals surface area contributed by atoms with Crippen LogP contribution in [-0.2, 0) is 6.42 Å². The quantitative estimate of drug-likeness (QED) is 0.650. The monoisotopic (exact) mass is 275 g/mol. The van der Waals surface area contributed by atoms with Crippen LogP contribution in [0.25, 0.3) is 0 Å². The van der Waals surface area contributed by atoms with Gasteiger partial charge in [0.25, 0.3) is 0 Å². The number of piperidine rings is 1. The Hall–Kier alpha value is -1.20. The molecule has 0 radical (unpaired) electrons. The molecule has 3 heterocycles. The molecule has 3 rings (SSSR count). The smallest absolute Gasteiger partial charge is 0.143 e. The third-order valence-corrected chi connectivity index (χ3v) is 4.91. The van der Waals surface area contributed by atoms with Gasteiger partial charge >= 0.3 is 0 Å². The van der Waals surface area contributed by atoms with E-state index in [1.165, 1.54) is 25.7 Å². The second-order valence-electron chi connectivity index (χ2n) is 6.22. The van der Waals surface area contributed by atoms with Crippen LogP contribution in [0.4, 0.5) is 5.82 Å². The largest absolute Gasteiger partial charge is 0.308 e. The van der Waals surface area contributed by atoms with Crippen LogP contribution in [0, 0.1) is 0 Å². The van der Waals surface area contributed by atoms with Crippen LogP contribution in [-0.4, -0.2) is 34.0 Å². The molecule has 2 unspecified atom stereocenters. The number of anilines is 1. The minimum Gasteiger partial charge on any atom is -0.308 e. The first-order chi connectivity index (χ1) is 9.71. The lowest BCUT2D eigenvalue weighted by Gasteiger charge is -2.35. The summed E-state index contributed by atoms with van der Waals surface area (Å²) in [6.07, 6.45) is 7.12. The van der Waals surface area contributed by atoms with Crippen LogP contribution in [0.3, 0.4) is 0 Å². The lowest BCUT2D eigenvalue weighted by atomic mass is 9.90. The van der Waals surface area contributed by atoms with Gasteiger partial charge < -0.3 is 10.3 Å². The SMILES string of the molecule is CCCc1cc(NN)nc(C2CC3CCC(C2)N3C)n1. The van der Waals surface area contributed by atoms with E-state index in [-0.39, 0.29) is 0 Å². The number of rotatable bonds is 4. The first-order valence-corrected chi connectivity index (χ1v) is 7.77. The van der Waals surface area contributed by atoms with Gasteiger partial charge in [-0.15, -0.1) is 0 Å². The fraction of sp³-hybridized carbons (Fsp3) is 0.733. The number of hydrazine groups is 1. The van der Waals surface area contributed by atoms with E-state index < -0.39 is 0 Å². The van der Waals surface area contributed by atoms with Gasteiger partial charge in [-0.2, -0.15) is 0 Å². The van der Waals surface area contributed by atoms with Crippen LogP contribution < -0.4 is 11.3 Å². The van der Waals surface area contributed by atoms with Crippen LogP contribution in [0.15, 0.2) is 6.07 Å². The highest BCUT2D eigenvalue weighted by atomic mass is 15.3. The minimum absolute atomic E-state index is 0.493. The molecule has 2 atom stereocenters. The molecule has 2 aliphatic heterocycles. The number of hydrogen-bond donors (Lipinski definition) is 2. The van der Waals surface area contributed by atoms with E-state index in [0.29, 0.717) is 18.0 Å². The van der Waals surface area contributed by atoms with E-state index in [2.05, 4.69) is 29.3 Å². The molecule has 0 amide bonds. The summed E-state index contributed by atoms with van der Waals surface area (Å²) in [5.41, 5.74) is 3.80. The van der Waals surface area contributed by atoms with Crippen molar-refractivity contribution >= 4 is 5.82 Å². The molecule has 0 spiro atoms. The van der Waals surface area contributed by atoms with Gasteiger partial charge in [0.05, 0.1) is 0 Å². The molecule has 3 N–H and O–H groups in total. The van der Waals surface area contributed by atoms with Gasteiger partial charge in [0.1, 0.15) is 11.6 Å². The molecule has 1 aromatic heterocycles. The van der Waals surface area contributed by atoms with Crippen molar-refractivity contribution in [3.05, 3.63) is 17.6 Å². The maximum atomic E-state index is 5.55. The van der Waals surface area contributed by atoms with E-state index in [9.17, 15) is 0 Å². The number of hydrogen-bond acceptors (Lipinski definition) is 5. The van der Waals surface area contributed by atoms with E-state index in [1.807, 2.05) is 6.07 Å². The van der Waals surface area contributed by atoms with Crippen molar-refractivity contribution in [1.29, 1.82) is 0 Å². The second-order valence-corrected chi connectivity index (χ2v) is 6.22. The van der Waals surface area contributed by atoms with Gasteiger partial charge in [-0.25, -0.2) is 15.8 Å². The Kier molecular flexibility index (Phi) is 3.89. The van der Waals surface area contributed by atoms with Crippen molar-refractivity contribution in [3.8, 4) is 0 Å². The zero-order valence-corrected chi connectivity index (χ0v) is 12.5. The summed E-state index contributed by atoms with van der Waals surface area (Å²) in [5, 5.41) is 0. The Morgan fingerprint density at radius 1 is 1.30 bits per heavy atom. The van der Waals surface area contributed by atoms with Crippen molar-refractivity contribution in [3.63, 3.8) is 0 Å². The molecule has 0 saturated carbocycles. The molecule has 1 aromatic rings. The van der Waals surface area contributed by atoms with E-state index in [0.717, 1.165) is 30.2 Å². The standard InChI is InChI=1S/C15H25N5/c1-3-4-11-9-14(19-16)18-15(17-11)10-7-12-5-6-13(8-10)20(12)2/h9-10,12-13H,3-8,16H2,1-2H3,(H,17,18,19). The molecule has 5 heteroatoms. The van der Waals surface area contributed by atoms with Gasteiger partial charge in [-0.05, 0) is 39.2 Å². The Labute approximate surface area is 120 Å². The molecule has 2 aliphatic rings. The maximum Gasteiger partial charge on any atom is 0.143 e. The van der Waals surface area contributed by atoms with Crippen molar-refractivity contribution in [1.82, 2.24) is 14.9 Å². The van der Waals surface area contributed by atoms with Gasteiger partial charge in [0.15, 0.2) is 0 Å². The van der Waals surface area contributed by atoms with Gasteiger partial charge in [-0.3, -0.25) is 0 Å². The summed E-state index contributed by atoms with van der Waals surface area (Å²) < 4.78 is 0. The predicted molar refractivity (Wildman–Crippen MR) is 80.4 cm³/mol. The van der Waals surface area contributed by atoms with Crippen molar-refractivity contribution in [2.45, 2.75) is 63.5 Å². The first kappa shape index (κ1) is 13.8. The Morgan fingerprint density at radius 2 is 2.00 bits per heavy atom. The average Bonchev–Trinajstić information content (AvgIpc) is 2.68. The number of fused-ring (bicyclic) bond motifs is 2. The zero-order valence-electron chi connectivity index (χ0n) is 12.5. The highest BCUT2D eigenvalue weighted by Crippen LogP contribution is 2.41. The van der Waals surface area contributed by atoms with Gasteiger partial charge in [0.2, 0.25) is 0 Å². The molecular weight excluding hydrogens is 250 g/mol. The van der Waals surface area contributed by atoms with Gasteiger partial charge in [0, 0.05) is 29.8 Å². The zero-order chi connectivity index (χ0) is 14.1. The van der Waals surface area contributed by atoms with Gasteiger partial charge in [-0.1, -0.05) is 13.3 Å². The summed E-state index contributed by atoms with van der Waals surface area (Å²) in [6, 6.07) is 3.40. The fourth-order valence-electron chi connectivity index (χ4n) is 3.78. The summed E-state index contributed by atoms with van der Waals surface area (Å²) in [7, 11) is 2.26. The Morgan fingerprint density at radius 3 is 2.60 bits per heavy atom. The number of nitrogens with two attached hydrogens (primary N) is 1. The van der Waals surface area contributed by atoms with Crippen LogP contribution in [0.2, 0.25) is 0 Å². The minimum atomic E-state index is 0.493. The number of aromatic nitrogens is 2. The van der Waals surface area contributed by atoms with E-state index in [1.54, 1.807) is 0 Å². The van der Waals surface area contributed by atoms with Crippen molar-refractivity contribution in [2.75, 3.05) is 12.5 Å². The molecule has 0 aromatic carbocycles. The molecule has 110 valence electrons. The van der Waals surface area contributed by atoms with Crippen LogP contribution in [0.5, 0.6) is 0 Å². The second kappa shape index (κ2) is 5.66. The molecular formula is C15H25N5. The summed E-state index contributed by atoms with van der Waals surface area (Å²) in [5.74, 6) is 7.80. The van der Waals surface area contributed by atoms with E-state index in [4.69, 9.17) is 10.8 Å². The topological polar surface area (TPSA) is 67.1 Å². The number of aryl methyl sites for hydroxylation is 1. The summed E-state index contributed by atoms with van der Waals surface area (Å²) in [4.78, 5) is 12.0. The number of nitrogens with zero attached hydrogens (tertiary/aromatic N) is 3. The number of nitrogen functional groups attached to an aromatic ring is 1. The van der Waals surface area contributed by atoms with Crippen molar-refractivity contribution < 1.29 is 0 Å². The van der Waals surface area contributed by atoms with E-state index >= 15 is 0 Å². The highest BCUT2D eigenvalue weighted by molar-refractivity contribution is 5.35. The lowest BCUT2D eigenvalue weighted by molar-refractivity contribution is 0.159. The Balaban J connectivity index is 1.84. The third kappa shape index (κ3) is 2.52. The maximum absolute atomic E-state index is 5.55. The molecule has 5 nitrogen and oxygen atoms in total. The fourth-order valence-corrected chi connectivity index (χ4v) is 3.78. The average molecular weight is 275 g/mol. The number of nitrogens with one attached hydrogen (secondary N) is 1. The highest BCUT2D eigenvalue weighted by Gasteiger charge is 2.39. The summed E-state index contributed by atoms with van der Waals surface area (Å²) >= 11 is 0. The molecule has 0 aliphatic carbocycles. The molecule has 2 bridgehead atoms. The first-order valence-electron chi connectivity index (χ1n) is 7.77. The Bertz CT molecular complexity index is 461. The lowest BCUT2D eigenvalue weighted by Crippen LogP contribution is -2.39. The third-order valence-electron chi connectivity index (χ3n) is 4.91. The molecule has 2 fully saturated rings. The summed E-state index contributed by atoms with van der Waals surface area (Å²) in [6.45, 7) is 2.17. The molecule has 2 saturated heterocycles. The van der Waals surface area contributed by atoms with Crippen LogP contribution >= 0.6 is 0 Å². The van der Waals surface area contributed by atoms with Crippen LogP contribution in [0.1, 0.15) is 56.5 Å². The normalized spacial score (nSPS) is 29.6.